The lowest BCUT2D eigenvalue weighted by molar-refractivity contribution is 0.0241. The van der Waals surface area contributed by atoms with E-state index in [-0.39, 0.29) is 5.82 Å². The monoisotopic (exact) mass is 353 g/mol. The molecule has 136 valence electrons. The minimum absolute atomic E-state index is 0.225. The van der Waals surface area contributed by atoms with Gasteiger partial charge in [0.2, 0.25) is 0 Å². The van der Waals surface area contributed by atoms with Crippen LogP contribution in [0.15, 0.2) is 30.6 Å². The van der Waals surface area contributed by atoms with Crippen LogP contribution in [0.5, 0.6) is 0 Å². The second-order valence-electron chi connectivity index (χ2n) is 8.09. The van der Waals surface area contributed by atoms with E-state index in [0.717, 1.165) is 42.0 Å². The van der Waals surface area contributed by atoms with Gasteiger partial charge >= 0.3 is 0 Å². The number of rotatable bonds is 4. The number of H-pyrrole nitrogens is 1. The molecule has 2 aromatic heterocycles. The molecule has 5 nitrogen and oxygen atoms in total. The van der Waals surface area contributed by atoms with E-state index in [4.69, 9.17) is 0 Å². The molecule has 6 heteroatoms. The minimum Gasteiger partial charge on any atom is -0.298 e. The number of nitrogens with one attached hydrogen (secondary N) is 1. The topological polar surface area (TPSA) is 49.7 Å². The Morgan fingerprint density at radius 1 is 1.27 bits per heavy atom. The summed E-state index contributed by atoms with van der Waals surface area (Å²) in [7, 11) is 1.86. The Labute approximate surface area is 152 Å². The number of halogens is 1. The summed E-state index contributed by atoms with van der Waals surface area (Å²) in [6.07, 6.45) is 3.65. The van der Waals surface area contributed by atoms with Crippen LogP contribution >= 0.6 is 0 Å². The van der Waals surface area contributed by atoms with Crippen LogP contribution in [0, 0.1) is 18.2 Å². The van der Waals surface area contributed by atoms with Crippen LogP contribution in [0.25, 0.3) is 22.5 Å². The number of nitrogens with zero attached hydrogens (tertiary/aromatic N) is 4. The number of aromatic nitrogens is 4. The van der Waals surface area contributed by atoms with Crippen molar-refractivity contribution in [2.75, 3.05) is 13.1 Å². The van der Waals surface area contributed by atoms with Gasteiger partial charge in [-0.2, -0.15) is 10.2 Å². The van der Waals surface area contributed by atoms with E-state index in [1.165, 1.54) is 0 Å². The maximum atomic E-state index is 14.6. The SMILES string of the molecule is Cc1c(CN2CC(C)(C)C2)ccc(F)c1-c1cc(-c2cnn(C)c2)n[nH]1. The van der Waals surface area contributed by atoms with E-state index in [9.17, 15) is 4.39 Å². The van der Waals surface area contributed by atoms with Gasteiger partial charge in [0.05, 0.1) is 17.6 Å². The van der Waals surface area contributed by atoms with Crippen LogP contribution in [-0.2, 0) is 13.6 Å². The molecule has 1 aliphatic heterocycles. The summed E-state index contributed by atoms with van der Waals surface area (Å²) in [6, 6.07) is 5.35. The number of aromatic amines is 1. The molecule has 0 atom stereocenters. The normalized spacial score (nSPS) is 16.7. The van der Waals surface area contributed by atoms with Gasteiger partial charge in [0.15, 0.2) is 0 Å². The van der Waals surface area contributed by atoms with Crippen LogP contribution in [0.4, 0.5) is 4.39 Å². The van der Waals surface area contributed by atoms with Crippen LogP contribution in [-0.4, -0.2) is 38.0 Å². The number of benzene rings is 1. The molecule has 0 aliphatic carbocycles. The molecule has 0 amide bonds. The molecule has 3 heterocycles. The molecule has 1 aromatic carbocycles. The van der Waals surface area contributed by atoms with Gasteiger partial charge in [-0.25, -0.2) is 4.39 Å². The fraction of sp³-hybridized carbons (Fsp3) is 0.400. The average Bonchev–Trinajstić information content (AvgIpc) is 3.17. The minimum atomic E-state index is -0.225. The van der Waals surface area contributed by atoms with Gasteiger partial charge < -0.3 is 0 Å². The highest BCUT2D eigenvalue weighted by Gasteiger charge is 2.34. The predicted molar refractivity (Wildman–Crippen MR) is 100.0 cm³/mol. The number of likely N-dealkylation sites (tertiary alicyclic amines) is 1. The van der Waals surface area contributed by atoms with Crippen molar-refractivity contribution < 1.29 is 4.39 Å². The summed E-state index contributed by atoms with van der Waals surface area (Å²) in [4.78, 5) is 2.40. The molecule has 26 heavy (non-hydrogen) atoms. The zero-order valence-electron chi connectivity index (χ0n) is 15.7. The smallest absolute Gasteiger partial charge is 0.132 e. The largest absolute Gasteiger partial charge is 0.298 e. The molecule has 1 saturated heterocycles. The number of hydrogen-bond donors (Lipinski definition) is 1. The lowest BCUT2D eigenvalue weighted by Crippen LogP contribution is -2.52. The van der Waals surface area contributed by atoms with Crippen molar-refractivity contribution in [3.63, 3.8) is 0 Å². The van der Waals surface area contributed by atoms with Crippen molar-refractivity contribution in [2.24, 2.45) is 12.5 Å². The summed E-state index contributed by atoms with van der Waals surface area (Å²) < 4.78 is 16.3. The second kappa shape index (κ2) is 6.06. The van der Waals surface area contributed by atoms with E-state index in [1.807, 2.05) is 32.3 Å². The fourth-order valence-electron chi connectivity index (χ4n) is 3.89. The van der Waals surface area contributed by atoms with Gasteiger partial charge in [0.25, 0.3) is 0 Å². The maximum Gasteiger partial charge on any atom is 0.132 e. The van der Waals surface area contributed by atoms with E-state index in [0.29, 0.717) is 16.7 Å². The molecule has 3 aromatic rings. The maximum absolute atomic E-state index is 14.6. The van der Waals surface area contributed by atoms with Crippen molar-refractivity contribution in [3.8, 4) is 22.5 Å². The van der Waals surface area contributed by atoms with Gasteiger partial charge in [-0.1, -0.05) is 19.9 Å². The second-order valence-corrected chi connectivity index (χ2v) is 8.09. The molecular weight excluding hydrogens is 329 g/mol. The van der Waals surface area contributed by atoms with Crippen molar-refractivity contribution in [1.29, 1.82) is 0 Å². The first-order chi connectivity index (χ1) is 12.3. The Morgan fingerprint density at radius 2 is 2.04 bits per heavy atom. The van der Waals surface area contributed by atoms with Crippen LogP contribution in [0.1, 0.15) is 25.0 Å². The Kier molecular flexibility index (Phi) is 3.95. The first-order valence-corrected chi connectivity index (χ1v) is 8.87. The molecule has 0 spiro atoms. The summed E-state index contributed by atoms with van der Waals surface area (Å²) >= 11 is 0. The highest BCUT2D eigenvalue weighted by atomic mass is 19.1. The zero-order valence-corrected chi connectivity index (χ0v) is 15.7. The van der Waals surface area contributed by atoms with Crippen molar-refractivity contribution in [1.82, 2.24) is 24.9 Å². The van der Waals surface area contributed by atoms with Crippen molar-refractivity contribution in [2.45, 2.75) is 27.3 Å². The number of aryl methyl sites for hydroxylation is 1. The van der Waals surface area contributed by atoms with Gasteiger partial charge in [-0.3, -0.25) is 14.7 Å². The molecule has 1 fully saturated rings. The standard InChI is InChI=1S/C20H24FN5/c1-13-14(10-26-11-20(2,3)12-26)5-6-16(21)19(13)18-7-17(23-24-18)15-8-22-25(4)9-15/h5-9H,10-12H2,1-4H3,(H,23,24). The first-order valence-electron chi connectivity index (χ1n) is 8.87. The Morgan fingerprint density at radius 3 is 2.69 bits per heavy atom. The first kappa shape index (κ1) is 17.0. The van der Waals surface area contributed by atoms with Crippen molar-refractivity contribution >= 4 is 0 Å². The molecule has 1 N–H and O–H groups in total. The van der Waals surface area contributed by atoms with Crippen molar-refractivity contribution in [3.05, 3.63) is 47.5 Å². The van der Waals surface area contributed by atoms with E-state index < -0.39 is 0 Å². The lowest BCUT2D eigenvalue weighted by atomic mass is 9.84. The third-order valence-electron chi connectivity index (χ3n) is 5.07. The Hall–Kier alpha value is -2.47. The van der Waals surface area contributed by atoms with E-state index in [1.54, 1.807) is 16.9 Å². The van der Waals surface area contributed by atoms with Crippen LogP contribution < -0.4 is 0 Å². The third kappa shape index (κ3) is 3.05. The van der Waals surface area contributed by atoms with Crippen LogP contribution in [0.3, 0.4) is 0 Å². The third-order valence-corrected chi connectivity index (χ3v) is 5.07. The molecular formula is C20H24FN5. The summed E-state index contributed by atoms with van der Waals surface area (Å²) in [6.45, 7) is 9.55. The average molecular weight is 353 g/mol. The zero-order chi connectivity index (χ0) is 18.5. The fourth-order valence-corrected chi connectivity index (χ4v) is 3.89. The summed E-state index contributed by atoms with van der Waals surface area (Å²) in [5.41, 5.74) is 5.49. The highest BCUT2D eigenvalue weighted by Crippen LogP contribution is 2.34. The quantitative estimate of drug-likeness (QED) is 0.777. The summed E-state index contributed by atoms with van der Waals surface area (Å²) in [5.74, 6) is -0.225. The lowest BCUT2D eigenvalue weighted by Gasteiger charge is -2.46. The molecule has 1 aliphatic rings. The Balaban J connectivity index is 1.64. The highest BCUT2D eigenvalue weighted by molar-refractivity contribution is 5.71. The summed E-state index contributed by atoms with van der Waals surface area (Å²) in [5, 5.41) is 11.5. The predicted octanol–water partition coefficient (Wildman–Crippen LogP) is 3.77. The van der Waals surface area contributed by atoms with Crippen LogP contribution in [0.2, 0.25) is 0 Å². The van der Waals surface area contributed by atoms with Gasteiger partial charge in [-0.05, 0) is 35.6 Å². The molecule has 4 rings (SSSR count). The van der Waals surface area contributed by atoms with Gasteiger partial charge in [0.1, 0.15) is 5.82 Å². The number of hydrogen-bond acceptors (Lipinski definition) is 3. The van der Waals surface area contributed by atoms with E-state index >= 15 is 0 Å². The molecule has 0 bridgehead atoms. The Bertz CT molecular complexity index is 945. The molecule has 0 radical (unpaired) electrons. The van der Waals surface area contributed by atoms with E-state index in [2.05, 4.69) is 34.0 Å². The van der Waals surface area contributed by atoms with Gasteiger partial charge in [-0.15, -0.1) is 0 Å². The molecule has 0 unspecified atom stereocenters. The van der Waals surface area contributed by atoms with Gasteiger partial charge in [0, 0.05) is 44.0 Å². The molecule has 0 saturated carbocycles.